The molecule has 5 heteroatoms. The first-order valence-corrected chi connectivity index (χ1v) is 5.11. The van der Waals surface area contributed by atoms with E-state index in [2.05, 4.69) is 9.97 Å². The highest BCUT2D eigenvalue weighted by Gasteiger charge is 2.27. The Balaban J connectivity index is 2.20. The Hall–Kier alpha value is -1.85. The summed E-state index contributed by atoms with van der Waals surface area (Å²) < 4.78 is 12.7. The van der Waals surface area contributed by atoms with Gasteiger partial charge in [-0.1, -0.05) is 12.1 Å². The summed E-state index contributed by atoms with van der Waals surface area (Å²) in [6.45, 7) is 0. The smallest absolute Gasteiger partial charge is 0.178 e. The van der Waals surface area contributed by atoms with E-state index in [4.69, 9.17) is 5.73 Å². The van der Waals surface area contributed by atoms with Crippen molar-refractivity contribution >= 4 is 0 Å². The summed E-state index contributed by atoms with van der Waals surface area (Å²) in [5, 5.41) is 10.1. The van der Waals surface area contributed by atoms with Gasteiger partial charge in [0.25, 0.3) is 0 Å². The molecule has 2 rings (SSSR count). The molecule has 0 saturated carbocycles. The van der Waals surface area contributed by atoms with Crippen LogP contribution in [0.15, 0.2) is 42.7 Å². The van der Waals surface area contributed by atoms with Crippen LogP contribution in [0.5, 0.6) is 0 Å². The fraction of sp³-hybridized carbons (Fsp3) is 0.167. The summed E-state index contributed by atoms with van der Waals surface area (Å²) in [4.78, 5) is 7.81. The summed E-state index contributed by atoms with van der Waals surface area (Å²) >= 11 is 0. The van der Waals surface area contributed by atoms with Gasteiger partial charge >= 0.3 is 0 Å². The molecular formula is C12H12FN3O. The lowest BCUT2D eigenvalue weighted by molar-refractivity contribution is 0.0344. The Morgan fingerprint density at radius 2 is 1.76 bits per heavy atom. The maximum Gasteiger partial charge on any atom is 0.178 e. The molecule has 0 aliphatic rings. The zero-order valence-corrected chi connectivity index (χ0v) is 9.05. The summed E-state index contributed by atoms with van der Waals surface area (Å²) in [6.07, 6.45) is 3.13. The van der Waals surface area contributed by atoms with E-state index in [9.17, 15) is 9.50 Å². The minimum atomic E-state index is -1.65. The molecule has 0 radical (unpaired) electrons. The zero-order chi connectivity index (χ0) is 12.3. The minimum Gasteiger partial charge on any atom is -0.369 e. The highest BCUT2D eigenvalue weighted by Crippen LogP contribution is 2.16. The van der Waals surface area contributed by atoms with Crippen LogP contribution >= 0.6 is 0 Å². The Morgan fingerprint density at radius 3 is 2.35 bits per heavy atom. The number of halogens is 1. The molecule has 3 N–H and O–H groups in total. The van der Waals surface area contributed by atoms with Crippen LogP contribution in [-0.2, 0) is 12.1 Å². The van der Waals surface area contributed by atoms with Gasteiger partial charge in [-0.25, -0.2) is 14.4 Å². The van der Waals surface area contributed by atoms with Gasteiger partial charge in [0.05, 0.1) is 0 Å². The molecule has 0 bridgehead atoms. The van der Waals surface area contributed by atoms with Gasteiger partial charge in [-0.05, 0) is 23.8 Å². The highest BCUT2D eigenvalue weighted by molar-refractivity contribution is 5.19. The third kappa shape index (κ3) is 2.83. The Kier molecular flexibility index (Phi) is 3.12. The molecule has 1 heterocycles. The first-order chi connectivity index (χ1) is 8.08. The third-order valence-electron chi connectivity index (χ3n) is 2.34. The number of aliphatic hydroxyl groups is 1. The van der Waals surface area contributed by atoms with Gasteiger partial charge in [0.2, 0.25) is 0 Å². The molecule has 4 nitrogen and oxygen atoms in total. The average molecular weight is 233 g/mol. The summed E-state index contributed by atoms with van der Waals surface area (Å²) in [5.74, 6) is -0.186. The van der Waals surface area contributed by atoms with E-state index in [0.717, 1.165) is 0 Å². The lowest BCUT2D eigenvalue weighted by Gasteiger charge is -2.21. The van der Waals surface area contributed by atoms with Crippen molar-refractivity contribution in [3.8, 4) is 0 Å². The van der Waals surface area contributed by atoms with E-state index in [0.29, 0.717) is 5.56 Å². The largest absolute Gasteiger partial charge is 0.369 e. The van der Waals surface area contributed by atoms with Crippen LogP contribution < -0.4 is 5.73 Å². The molecule has 0 amide bonds. The summed E-state index contributed by atoms with van der Waals surface area (Å²) in [5.41, 5.74) is 4.80. The number of benzene rings is 1. The zero-order valence-electron chi connectivity index (χ0n) is 9.05. The number of hydrogen-bond acceptors (Lipinski definition) is 4. The lowest BCUT2D eigenvalue weighted by Crippen LogP contribution is -2.40. The van der Waals surface area contributed by atoms with Gasteiger partial charge in [0.1, 0.15) is 5.82 Å². The molecule has 1 aromatic carbocycles. The van der Waals surface area contributed by atoms with Crippen LogP contribution in [0.4, 0.5) is 4.39 Å². The molecule has 0 fully saturated rings. The fourth-order valence-electron chi connectivity index (χ4n) is 1.52. The second-order valence-electron chi connectivity index (χ2n) is 3.80. The molecule has 0 spiro atoms. The van der Waals surface area contributed by atoms with Crippen molar-refractivity contribution in [3.63, 3.8) is 0 Å². The third-order valence-corrected chi connectivity index (χ3v) is 2.34. The SMILES string of the molecule is NC(O)(Cc1ccc(F)cc1)c1ncccn1. The molecule has 0 saturated heterocycles. The number of hydrogen-bond donors (Lipinski definition) is 2. The van der Waals surface area contributed by atoms with E-state index >= 15 is 0 Å². The quantitative estimate of drug-likeness (QED) is 0.774. The van der Waals surface area contributed by atoms with Crippen LogP contribution in [-0.4, -0.2) is 15.1 Å². The van der Waals surface area contributed by atoms with Gasteiger partial charge in [0.15, 0.2) is 11.5 Å². The van der Waals surface area contributed by atoms with Gasteiger partial charge in [-0.2, -0.15) is 0 Å². The van der Waals surface area contributed by atoms with E-state index < -0.39 is 5.72 Å². The topological polar surface area (TPSA) is 72.0 Å². The number of nitrogens with zero attached hydrogens (tertiary/aromatic N) is 2. The lowest BCUT2D eigenvalue weighted by atomic mass is 10.0. The molecule has 1 unspecified atom stereocenters. The molecule has 0 aliphatic carbocycles. The molecular weight excluding hydrogens is 221 g/mol. The van der Waals surface area contributed by atoms with Crippen molar-refractivity contribution in [2.45, 2.75) is 12.1 Å². The molecule has 1 aromatic heterocycles. The second kappa shape index (κ2) is 4.57. The normalized spacial score (nSPS) is 14.3. The molecule has 1 atom stereocenters. The average Bonchev–Trinajstić information content (AvgIpc) is 2.33. The highest BCUT2D eigenvalue weighted by atomic mass is 19.1. The molecule has 17 heavy (non-hydrogen) atoms. The monoisotopic (exact) mass is 233 g/mol. The Labute approximate surface area is 98.0 Å². The predicted octanol–water partition coefficient (Wildman–Crippen LogP) is 0.962. The van der Waals surface area contributed by atoms with Gasteiger partial charge in [0, 0.05) is 18.8 Å². The molecule has 2 aromatic rings. The van der Waals surface area contributed by atoms with Gasteiger partial charge in [-0.3, -0.25) is 5.73 Å². The van der Waals surface area contributed by atoms with Crippen molar-refractivity contribution in [1.29, 1.82) is 0 Å². The fourth-order valence-corrected chi connectivity index (χ4v) is 1.52. The number of nitrogens with two attached hydrogens (primary N) is 1. The summed E-state index contributed by atoms with van der Waals surface area (Å²) in [7, 11) is 0. The van der Waals surface area contributed by atoms with Gasteiger partial charge in [-0.15, -0.1) is 0 Å². The first-order valence-electron chi connectivity index (χ1n) is 5.11. The minimum absolute atomic E-state index is 0.122. The summed E-state index contributed by atoms with van der Waals surface area (Å²) in [6, 6.07) is 7.40. The first kappa shape index (κ1) is 11.6. The van der Waals surface area contributed by atoms with Crippen LogP contribution in [0.25, 0.3) is 0 Å². The molecule has 88 valence electrons. The molecule has 0 aliphatic heterocycles. The van der Waals surface area contributed by atoms with Crippen LogP contribution in [0.3, 0.4) is 0 Å². The van der Waals surface area contributed by atoms with Crippen molar-refractivity contribution in [2.75, 3.05) is 0 Å². The van der Waals surface area contributed by atoms with Crippen molar-refractivity contribution in [3.05, 3.63) is 59.9 Å². The van der Waals surface area contributed by atoms with E-state index in [-0.39, 0.29) is 18.1 Å². The van der Waals surface area contributed by atoms with E-state index in [1.807, 2.05) is 0 Å². The van der Waals surface area contributed by atoms with Gasteiger partial charge < -0.3 is 5.11 Å². The Bertz CT molecular complexity index is 485. The second-order valence-corrected chi connectivity index (χ2v) is 3.80. The Morgan fingerprint density at radius 1 is 1.18 bits per heavy atom. The van der Waals surface area contributed by atoms with Crippen LogP contribution in [0.1, 0.15) is 11.4 Å². The van der Waals surface area contributed by atoms with Crippen molar-refractivity contribution < 1.29 is 9.50 Å². The maximum absolute atomic E-state index is 12.7. The van der Waals surface area contributed by atoms with E-state index in [1.165, 1.54) is 24.5 Å². The van der Waals surface area contributed by atoms with E-state index in [1.54, 1.807) is 18.2 Å². The van der Waals surface area contributed by atoms with Crippen molar-refractivity contribution in [2.24, 2.45) is 5.73 Å². The van der Waals surface area contributed by atoms with Crippen LogP contribution in [0.2, 0.25) is 0 Å². The van der Waals surface area contributed by atoms with Crippen molar-refractivity contribution in [1.82, 2.24) is 9.97 Å². The number of rotatable bonds is 3. The van der Waals surface area contributed by atoms with Crippen LogP contribution in [0, 0.1) is 5.82 Å². The predicted molar refractivity (Wildman–Crippen MR) is 60.2 cm³/mol. The maximum atomic E-state index is 12.7. The standard InChI is InChI=1S/C12H12FN3O/c13-10-4-2-9(3-5-10)8-12(14,17)11-15-6-1-7-16-11/h1-7,17H,8,14H2. The number of aromatic nitrogens is 2.